The Bertz CT molecular complexity index is 647. The molecule has 2 aliphatic rings. The van der Waals surface area contributed by atoms with E-state index in [0.717, 1.165) is 30.2 Å². The molecule has 2 aliphatic heterocycles. The van der Waals surface area contributed by atoms with Crippen molar-refractivity contribution in [2.45, 2.75) is 12.8 Å². The monoisotopic (exact) mass is 379 g/mol. The van der Waals surface area contributed by atoms with Gasteiger partial charge in [0.05, 0.1) is 5.92 Å². The Morgan fingerprint density at radius 2 is 2.04 bits per heavy atom. The van der Waals surface area contributed by atoms with Crippen LogP contribution in [0.15, 0.2) is 24.3 Å². The lowest BCUT2D eigenvalue weighted by Gasteiger charge is -2.37. The number of hydrogen-bond donors (Lipinski definition) is 0. The molecule has 1 aromatic carbocycles. The topological polar surface area (TPSA) is 53.1 Å². The van der Waals surface area contributed by atoms with E-state index in [2.05, 4.69) is 4.90 Å². The molecule has 0 aliphatic carbocycles. The van der Waals surface area contributed by atoms with Crippen molar-refractivity contribution in [2.75, 3.05) is 57.9 Å². The number of methoxy groups -OCH3 is 1. The van der Waals surface area contributed by atoms with E-state index < -0.39 is 0 Å². The number of likely N-dealkylation sites (tertiary alicyclic amines) is 1. The number of anilines is 1. The molecule has 0 N–H and O–H groups in total. The van der Waals surface area contributed by atoms with Crippen molar-refractivity contribution < 1.29 is 14.3 Å². The molecule has 2 fully saturated rings. The van der Waals surface area contributed by atoms with E-state index >= 15 is 0 Å². The summed E-state index contributed by atoms with van der Waals surface area (Å²) in [4.78, 5) is 30.9. The molecule has 1 unspecified atom stereocenters. The fraction of sp³-hybridized carbons (Fsp3) is 0.579. The van der Waals surface area contributed by atoms with Gasteiger partial charge < -0.3 is 19.4 Å². The van der Waals surface area contributed by atoms with Crippen LogP contribution in [0.3, 0.4) is 0 Å². The third kappa shape index (κ3) is 4.48. The third-order valence-corrected chi connectivity index (χ3v) is 5.34. The van der Waals surface area contributed by atoms with Crippen molar-refractivity contribution in [1.29, 1.82) is 0 Å². The molecule has 142 valence electrons. The molecule has 0 spiro atoms. The Balaban J connectivity index is 1.50. The van der Waals surface area contributed by atoms with Gasteiger partial charge in [-0.3, -0.25) is 9.59 Å². The molecule has 2 heterocycles. The van der Waals surface area contributed by atoms with Gasteiger partial charge in [-0.15, -0.1) is 0 Å². The average Bonchev–Trinajstić information content (AvgIpc) is 3.02. The molecule has 26 heavy (non-hydrogen) atoms. The van der Waals surface area contributed by atoms with Gasteiger partial charge in [0.2, 0.25) is 11.8 Å². The summed E-state index contributed by atoms with van der Waals surface area (Å²) in [7, 11) is 1.65. The second-order valence-corrected chi connectivity index (χ2v) is 7.32. The third-order valence-electron chi connectivity index (χ3n) is 5.10. The summed E-state index contributed by atoms with van der Waals surface area (Å²) < 4.78 is 5.03. The van der Waals surface area contributed by atoms with E-state index in [1.54, 1.807) is 12.0 Å². The normalized spacial score (nSPS) is 20.8. The highest BCUT2D eigenvalue weighted by atomic mass is 35.5. The van der Waals surface area contributed by atoms with Gasteiger partial charge in [-0.1, -0.05) is 17.7 Å². The SMILES string of the molecule is COCCCN1CC(C(=O)N2CCN(c3cccc(Cl)c3)CC2)CC1=O. The number of nitrogens with zero attached hydrogens (tertiary/aromatic N) is 3. The molecule has 2 amide bonds. The lowest BCUT2D eigenvalue weighted by Crippen LogP contribution is -2.50. The van der Waals surface area contributed by atoms with E-state index in [1.807, 2.05) is 29.2 Å². The van der Waals surface area contributed by atoms with E-state index in [4.69, 9.17) is 16.3 Å². The minimum Gasteiger partial charge on any atom is -0.385 e. The standard InChI is InChI=1S/C19H26ClN3O3/c1-26-11-3-6-23-14-15(12-18(23)24)19(25)22-9-7-21(8-10-22)17-5-2-4-16(20)13-17/h2,4-5,13,15H,3,6-12,14H2,1H3. The lowest BCUT2D eigenvalue weighted by molar-refractivity contribution is -0.136. The Morgan fingerprint density at radius 3 is 2.73 bits per heavy atom. The Labute approximate surface area is 159 Å². The maximum atomic E-state index is 12.8. The van der Waals surface area contributed by atoms with Gasteiger partial charge in [-0.25, -0.2) is 0 Å². The molecule has 2 saturated heterocycles. The molecule has 0 bridgehead atoms. The first-order valence-corrected chi connectivity index (χ1v) is 9.52. The molecule has 1 aromatic rings. The number of carbonyl (C=O) groups excluding carboxylic acids is 2. The Hall–Kier alpha value is -1.79. The fourth-order valence-electron chi connectivity index (χ4n) is 3.67. The summed E-state index contributed by atoms with van der Waals surface area (Å²) in [5.74, 6) is -0.0156. The highest BCUT2D eigenvalue weighted by molar-refractivity contribution is 6.30. The molecular formula is C19H26ClN3O3. The second-order valence-electron chi connectivity index (χ2n) is 6.88. The van der Waals surface area contributed by atoms with Gasteiger partial charge in [-0.2, -0.15) is 0 Å². The van der Waals surface area contributed by atoms with Gasteiger partial charge in [0.25, 0.3) is 0 Å². The number of hydrogen-bond acceptors (Lipinski definition) is 4. The van der Waals surface area contributed by atoms with E-state index in [9.17, 15) is 9.59 Å². The number of halogens is 1. The summed E-state index contributed by atoms with van der Waals surface area (Å²) in [6.07, 6.45) is 1.14. The van der Waals surface area contributed by atoms with Crippen molar-refractivity contribution >= 4 is 29.1 Å². The van der Waals surface area contributed by atoms with Crippen molar-refractivity contribution in [1.82, 2.24) is 9.80 Å². The first kappa shape index (κ1) is 19.0. The van der Waals surface area contributed by atoms with Crippen molar-refractivity contribution in [3.63, 3.8) is 0 Å². The van der Waals surface area contributed by atoms with Crippen molar-refractivity contribution in [3.05, 3.63) is 29.3 Å². The Kier molecular flexibility index (Phi) is 6.38. The number of rotatable bonds is 6. The van der Waals surface area contributed by atoms with Crippen LogP contribution in [0.5, 0.6) is 0 Å². The average molecular weight is 380 g/mol. The maximum Gasteiger partial charge on any atom is 0.228 e. The molecule has 7 heteroatoms. The molecule has 6 nitrogen and oxygen atoms in total. The molecular weight excluding hydrogens is 354 g/mol. The predicted molar refractivity (Wildman–Crippen MR) is 101 cm³/mol. The fourth-order valence-corrected chi connectivity index (χ4v) is 3.85. The van der Waals surface area contributed by atoms with E-state index in [1.165, 1.54) is 0 Å². The minimum atomic E-state index is -0.206. The number of benzene rings is 1. The van der Waals surface area contributed by atoms with Crippen LogP contribution >= 0.6 is 11.6 Å². The van der Waals surface area contributed by atoms with Crippen LogP contribution in [0.1, 0.15) is 12.8 Å². The number of carbonyl (C=O) groups is 2. The molecule has 0 radical (unpaired) electrons. The van der Waals surface area contributed by atoms with Gasteiger partial charge in [0.15, 0.2) is 0 Å². The molecule has 1 atom stereocenters. The highest BCUT2D eigenvalue weighted by Gasteiger charge is 2.36. The number of piperazine rings is 1. The number of amides is 2. The van der Waals surface area contributed by atoms with E-state index in [-0.39, 0.29) is 17.7 Å². The van der Waals surface area contributed by atoms with Crippen molar-refractivity contribution in [2.24, 2.45) is 5.92 Å². The van der Waals surface area contributed by atoms with Gasteiger partial charge in [0.1, 0.15) is 0 Å². The molecule has 3 rings (SSSR count). The van der Waals surface area contributed by atoms with Gasteiger partial charge >= 0.3 is 0 Å². The smallest absolute Gasteiger partial charge is 0.228 e. The van der Waals surface area contributed by atoms with Gasteiger partial charge in [0, 0.05) is 70.1 Å². The summed E-state index contributed by atoms with van der Waals surface area (Å²) in [5, 5.41) is 0.721. The predicted octanol–water partition coefficient (Wildman–Crippen LogP) is 1.87. The first-order chi connectivity index (χ1) is 12.6. The molecule has 0 saturated carbocycles. The van der Waals surface area contributed by atoms with Gasteiger partial charge in [-0.05, 0) is 24.6 Å². The molecule has 0 aromatic heterocycles. The first-order valence-electron chi connectivity index (χ1n) is 9.14. The zero-order valence-corrected chi connectivity index (χ0v) is 16.0. The van der Waals surface area contributed by atoms with Crippen LogP contribution in [-0.2, 0) is 14.3 Å². The van der Waals surface area contributed by atoms with Crippen LogP contribution in [0.4, 0.5) is 5.69 Å². The summed E-state index contributed by atoms with van der Waals surface area (Å²) in [6.45, 7) is 4.76. The summed E-state index contributed by atoms with van der Waals surface area (Å²) in [5.41, 5.74) is 1.09. The van der Waals surface area contributed by atoms with Crippen LogP contribution in [-0.4, -0.2) is 74.6 Å². The van der Waals surface area contributed by atoms with Crippen molar-refractivity contribution in [3.8, 4) is 0 Å². The Morgan fingerprint density at radius 1 is 1.27 bits per heavy atom. The second kappa shape index (κ2) is 8.73. The largest absolute Gasteiger partial charge is 0.385 e. The van der Waals surface area contributed by atoms with Crippen LogP contribution in [0.25, 0.3) is 0 Å². The quantitative estimate of drug-likeness (QED) is 0.708. The van der Waals surface area contributed by atoms with Crippen LogP contribution < -0.4 is 4.90 Å². The lowest BCUT2D eigenvalue weighted by atomic mass is 10.1. The van der Waals surface area contributed by atoms with E-state index in [0.29, 0.717) is 39.2 Å². The number of ether oxygens (including phenoxy) is 1. The van der Waals surface area contributed by atoms with Crippen LogP contribution in [0.2, 0.25) is 5.02 Å². The minimum absolute atomic E-state index is 0.0806. The zero-order chi connectivity index (χ0) is 18.5. The summed E-state index contributed by atoms with van der Waals surface area (Å²) >= 11 is 6.07. The summed E-state index contributed by atoms with van der Waals surface area (Å²) in [6, 6.07) is 7.79. The van der Waals surface area contributed by atoms with Crippen LogP contribution in [0, 0.1) is 5.92 Å². The zero-order valence-electron chi connectivity index (χ0n) is 15.2. The highest BCUT2D eigenvalue weighted by Crippen LogP contribution is 2.24. The maximum absolute atomic E-state index is 12.8.